The number of imidazole rings is 1. The van der Waals surface area contributed by atoms with Crippen molar-refractivity contribution in [2.45, 2.75) is 20.8 Å². The summed E-state index contributed by atoms with van der Waals surface area (Å²) in [5, 5.41) is 3.18. The SMILES string of the molecule is Cc1ccc(-c2nc3c(C)cccn3c2N=O)cc1C. The van der Waals surface area contributed by atoms with Gasteiger partial charge in [-0.3, -0.25) is 4.40 Å². The molecule has 0 fully saturated rings. The molecule has 0 atom stereocenters. The average Bonchev–Trinajstić information content (AvgIpc) is 2.82. The van der Waals surface area contributed by atoms with Gasteiger partial charge in [0.15, 0.2) is 0 Å². The summed E-state index contributed by atoms with van der Waals surface area (Å²) in [4.78, 5) is 15.8. The minimum Gasteiger partial charge on any atom is -0.281 e. The van der Waals surface area contributed by atoms with Gasteiger partial charge in [-0.1, -0.05) is 18.2 Å². The molecule has 0 aliphatic carbocycles. The highest BCUT2D eigenvalue weighted by atomic mass is 16.3. The molecule has 0 spiro atoms. The van der Waals surface area contributed by atoms with Crippen LogP contribution in [0.25, 0.3) is 16.9 Å². The molecule has 0 amide bonds. The van der Waals surface area contributed by atoms with E-state index in [0.29, 0.717) is 11.5 Å². The second-order valence-corrected chi connectivity index (χ2v) is 5.06. The van der Waals surface area contributed by atoms with E-state index >= 15 is 0 Å². The molecule has 4 heteroatoms. The van der Waals surface area contributed by atoms with Crippen molar-refractivity contribution in [1.29, 1.82) is 0 Å². The summed E-state index contributed by atoms with van der Waals surface area (Å²) in [6.07, 6.45) is 1.82. The molecule has 2 heterocycles. The predicted molar refractivity (Wildman–Crippen MR) is 80.3 cm³/mol. The van der Waals surface area contributed by atoms with Gasteiger partial charge >= 0.3 is 0 Å². The van der Waals surface area contributed by atoms with Crippen LogP contribution in [0.5, 0.6) is 0 Å². The van der Waals surface area contributed by atoms with E-state index in [9.17, 15) is 4.91 Å². The summed E-state index contributed by atoms with van der Waals surface area (Å²) in [7, 11) is 0. The van der Waals surface area contributed by atoms with Gasteiger partial charge in [-0.05, 0) is 54.8 Å². The Balaban J connectivity index is 2.33. The van der Waals surface area contributed by atoms with Crippen molar-refractivity contribution in [3.63, 3.8) is 0 Å². The van der Waals surface area contributed by atoms with E-state index in [0.717, 1.165) is 16.8 Å². The van der Waals surface area contributed by atoms with E-state index < -0.39 is 0 Å². The number of nitrogens with zero attached hydrogens (tertiary/aromatic N) is 3. The summed E-state index contributed by atoms with van der Waals surface area (Å²) in [6.45, 7) is 6.08. The quantitative estimate of drug-likeness (QED) is 0.647. The molecule has 0 saturated carbocycles. The van der Waals surface area contributed by atoms with Crippen LogP contribution >= 0.6 is 0 Å². The third-order valence-electron chi connectivity index (χ3n) is 3.69. The van der Waals surface area contributed by atoms with Gasteiger partial charge in [0, 0.05) is 11.8 Å². The fourth-order valence-electron chi connectivity index (χ4n) is 2.36. The van der Waals surface area contributed by atoms with E-state index in [4.69, 9.17) is 0 Å². The van der Waals surface area contributed by atoms with Crippen LogP contribution in [0.1, 0.15) is 16.7 Å². The average molecular weight is 265 g/mol. The minimum absolute atomic E-state index is 0.354. The highest BCUT2D eigenvalue weighted by Gasteiger charge is 2.16. The predicted octanol–water partition coefficient (Wildman–Crippen LogP) is 4.32. The van der Waals surface area contributed by atoms with E-state index in [-0.39, 0.29) is 0 Å². The standard InChI is InChI=1S/C16H15N3O/c1-10-6-7-13(9-12(10)3)14-16(18-20)19-8-4-5-11(2)15(19)17-14/h4-9H,1-3H3. The van der Waals surface area contributed by atoms with Gasteiger partial charge in [0.2, 0.25) is 5.82 Å². The smallest absolute Gasteiger partial charge is 0.209 e. The number of fused-ring (bicyclic) bond motifs is 1. The van der Waals surface area contributed by atoms with Gasteiger partial charge in [0.05, 0.1) is 0 Å². The number of rotatable bonds is 2. The maximum Gasteiger partial charge on any atom is 0.209 e. The molecule has 0 unspecified atom stereocenters. The molecular formula is C16H15N3O. The highest BCUT2D eigenvalue weighted by molar-refractivity contribution is 5.76. The van der Waals surface area contributed by atoms with Crippen LogP contribution < -0.4 is 0 Å². The van der Waals surface area contributed by atoms with Crippen LogP contribution in [-0.2, 0) is 0 Å². The summed E-state index contributed by atoms with van der Waals surface area (Å²) in [6, 6.07) is 9.93. The molecule has 3 aromatic rings. The monoisotopic (exact) mass is 265 g/mol. The summed E-state index contributed by atoms with van der Waals surface area (Å²) in [5.41, 5.74) is 5.74. The van der Waals surface area contributed by atoms with E-state index in [1.54, 1.807) is 4.40 Å². The normalized spacial score (nSPS) is 10.9. The molecule has 2 aromatic heterocycles. The molecule has 0 aliphatic rings. The lowest BCUT2D eigenvalue weighted by Gasteiger charge is -2.02. The molecule has 0 bridgehead atoms. The first-order valence-corrected chi connectivity index (χ1v) is 6.50. The molecule has 0 aliphatic heterocycles. The third-order valence-corrected chi connectivity index (χ3v) is 3.69. The van der Waals surface area contributed by atoms with E-state index in [1.807, 2.05) is 50.4 Å². The lowest BCUT2D eigenvalue weighted by Crippen LogP contribution is -1.85. The van der Waals surface area contributed by atoms with Crippen LogP contribution in [-0.4, -0.2) is 9.38 Å². The number of hydrogen-bond donors (Lipinski definition) is 0. The Kier molecular flexibility index (Phi) is 2.86. The Labute approximate surface area is 117 Å². The number of benzene rings is 1. The highest BCUT2D eigenvalue weighted by Crippen LogP contribution is 2.32. The first-order valence-electron chi connectivity index (χ1n) is 6.50. The number of pyridine rings is 1. The van der Waals surface area contributed by atoms with Crippen LogP contribution in [0.2, 0.25) is 0 Å². The summed E-state index contributed by atoms with van der Waals surface area (Å²) >= 11 is 0. The van der Waals surface area contributed by atoms with Crippen LogP contribution in [0, 0.1) is 25.7 Å². The first-order chi connectivity index (χ1) is 9.61. The van der Waals surface area contributed by atoms with Crippen molar-refractivity contribution < 1.29 is 0 Å². The maximum absolute atomic E-state index is 11.2. The molecule has 100 valence electrons. The van der Waals surface area contributed by atoms with Gasteiger partial charge in [0.1, 0.15) is 11.3 Å². The van der Waals surface area contributed by atoms with Crippen molar-refractivity contribution in [3.8, 4) is 11.3 Å². The number of aromatic nitrogens is 2. The molecular weight excluding hydrogens is 250 g/mol. The Bertz CT molecular complexity index is 818. The van der Waals surface area contributed by atoms with Crippen molar-refractivity contribution >= 4 is 11.5 Å². The van der Waals surface area contributed by atoms with Crippen LogP contribution in [0.4, 0.5) is 5.82 Å². The lowest BCUT2D eigenvalue weighted by molar-refractivity contribution is 1.14. The lowest BCUT2D eigenvalue weighted by atomic mass is 10.0. The Hall–Kier alpha value is -2.49. The zero-order valence-corrected chi connectivity index (χ0v) is 11.7. The second-order valence-electron chi connectivity index (χ2n) is 5.06. The van der Waals surface area contributed by atoms with Crippen molar-refractivity contribution in [2.75, 3.05) is 0 Å². The molecule has 0 saturated heterocycles. The number of nitroso groups, excluding NO2 is 1. The largest absolute Gasteiger partial charge is 0.281 e. The Morgan fingerprint density at radius 2 is 1.85 bits per heavy atom. The van der Waals surface area contributed by atoms with Crippen molar-refractivity contribution in [2.24, 2.45) is 5.18 Å². The van der Waals surface area contributed by atoms with Gasteiger partial charge in [0.25, 0.3) is 0 Å². The summed E-state index contributed by atoms with van der Waals surface area (Å²) in [5.74, 6) is 0.354. The number of aryl methyl sites for hydroxylation is 3. The number of hydrogen-bond acceptors (Lipinski definition) is 3. The topological polar surface area (TPSA) is 46.7 Å². The Morgan fingerprint density at radius 1 is 1.05 bits per heavy atom. The van der Waals surface area contributed by atoms with E-state index in [1.165, 1.54) is 11.1 Å². The molecule has 1 aromatic carbocycles. The molecule has 4 nitrogen and oxygen atoms in total. The van der Waals surface area contributed by atoms with Gasteiger partial charge < -0.3 is 0 Å². The zero-order chi connectivity index (χ0) is 14.3. The third kappa shape index (κ3) is 1.81. The molecule has 20 heavy (non-hydrogen) atoms. The van der Waals surface area contributed by atoms with Crippen molar-refractivity contribution in [1.82, 2.24) is 9.38 Å². The van der Waals surface area contributed by atoms with E-state index in [2.05, 4.69) is 17.1 Å². The van der Waals surface area contributed by atoms with Crippen molar-refractivity contribution in [3.05, 3.63) is 58.1 Å². The van der Waals surface area contributed by atoms with Gasteiger partial charge in [-0.2, -0.15) is 0 Å². The minimum atomic E-state index is 0.354. The fraction of sp³-hybridized carbons (Fsp3) is 0.188. The molecule has 0 radical (unpaired) electrons. The van der Waals surface area contributed by atoms with Gasteiger partial charge in [-0.15, -0.1) is 4.91 Å². The maximum atomic E-state index is 11.2. The van der Waals surface area contributed by atoms with Gasteiger partial charge in [-0.25, -0.2) is 4.98 Å². The Morgan fingerprint density at radius 3 is 2.55 bits per heavy atom. The first kappa shape index (κ1) is 12.5. The molecule has 0 N–H and O–H groups in total. The zero-order valence-electron chi connectivity index (χ0n) is 11.7. The van der Waals surface area contributed by atoms with Crippen LogP contribution in [0.15, 0.2) is 41.7 Å². The summed E-state index contributed by atoms with van der Waals surface area (Å²) < 4.78 is 1.74. The molecule has 3 rings (SSSR count). The van der Waals surface area contributed by atoms with Crippen LogP contribution in [0.3, 0.4) is 0 Å². The fourth-order valence-corrected chi connectivity index (χ4v) is 2.36. The second kappa shape index (κ2) is 4.56.